The third-order valence-electron chi connectivity index (χ3n) is 2.06. The molecule has 1 heterocycles. The summed E-state index contributed by atoms with van der Waals surface area (Å²) in [4.78, 5) is 11.3. The molecule has 2 unspecified atom stereocenters. The maximum Gasteiger partial charge on any atom is 0.167 e. The molecule has 0 aliphatic carbocycles. The molecule has 2 heteroatoms. The van der Waals surface area contributed by atoms with Crippen molar-refractivity contribution in [2.75, 3.05) is 0 Å². The van der Waals surface area contributed by atoms with Crippen LogP contribution in [0, 0.1) is 0 Å². The molecule has 11 heavy (non-hydrogen) atoms. The van der Waals surface area contributed by atoms with Gasteiger partial charge in [-0.3, -0.25) is 4.79 Å². The summed E-state index contributed by atoms with van der Waals surface area (Å²) in [6, 6.07) is 0. The van der Waals surface area contributed by atoms with E-state index < -0.39 is 5.60 Å². The highest BCUT2D eigenvalue weighted by molar-refractivity contribution is 5.89. The molecule has 0 bridgehead atoms. The van der Waals surface area contributed by atoms with E-state index in [4.69, 9.17) is 4.74 Å². The number of rotatable bonds is 2. The normalized spacial score (nSPS) is 37.6. The van der Waals surface area contributed by atoms with Gasteiger partial charge in [0.15, 0.2) is 5.78 Å². The fraction of sp³-hybridized carbons (Fsp3) is 0.667. The molecule has 0 radical (unpaired) electrons. The first-order valence-electron chi connectivity index (χ1n) is 3.90. The smallest absolute Gasteiger partial charge is 0.167 e. The fourth-order valence-corrected chi connectivity index (χ4v) is 1.47. The number of ketones is 1. The SMILES string of the molecule is C=CCC1(C)OC(C)CC1=O. The summed E-state index contributed by atoms with van der Waals surface area (Å²) in [5.41, 5.74) is -0.582. The van der Waals surface area contributed by atoms with E-state index in [1.165, 1.54) is 0 Å². The second kappa shape index (κ2) is 2.78. The van der Waals surface area contributed by atoms with Gasteiger partial charge in [-0.15, -0.1) is 6.58 Å². The monoisotopic (exact) mass is 154 g/mol. The molecular weight excluding hydrogens is 140 g/mol. The van der Waals surface area contributed by atoms with Crippen LogP contribution >= 0.6 is 0 Å². The van der Waals surface area contributed by atoms with Crippen LogP contribution in [0.15, 0.2) is 12.7 Å². The van der Waals surface area contributed by atoms with E-state index >= 15 is 0 Å². The predicted octanol–water partition coefficient (Wildman–Crippen LogP) is 1.70. The quantitative estimate of drug-likeness (QED) is 0.566. The second-order valence-electron chi connectivity index (χ2n) is 3.28. The van der Waals surface area contributed by atoms with Gasteiger partial charge in [0.2, 0.25) is 0 Å². The van der Waals surface area contributed by atoms with Crippen LogP contribution in [-0.4, -0.2) is 17.5 Å². The Balaban J connectivity index is 2.70. The first-order valence-corrected chi connectivity index (χ1v) is 3.90. The molecular formula is C9H14O2. The van der Waals surface area contributed by atoms with Crippen molar-refractivity contribution in [3.05, 3.63) is 12.7 Å². The maximum atomic E-state index is 11.3. The number of hydrogen-bond donors (Lipinski definition) is 0. The number of carbonyl (C=O) groups excluding carboxylic acids is 1. The molecule has 0 spiro atoms. The van der Waals surface area contributed by atoms with Crippen LogP contribution in [0.5, 0.6) is 0 Å². The average molecular weight is 154 g/mol. The summed E-state index contributed by atoms with van der Waals surface area (Å²) in [6.07, 6.45) is 2.98. The van der Waals surface area contributed by atoms with Crippen LogP contribution in [0.1, 0.15) is 26.7 Å². The van der Waals surface area contributed by atoms with Gasteiger partial charge >= 0.3 is 0 Å². The molecule has 2 nitrogen and oxygen atoms in total. The number of carbonyl (C=O) groups is 1. The van der Waals surface area contributed by atoms with E-state index in [1.54, 1.807) is 6.08 Å². The largest absolute Gasteiger partial charge is 0.364 e. The molecule has 62 valence electrons. The fourth-order valence-electron chi connectivity index (χ4n) is 1.47. The van der Waals surface area contributed by atoms with Gasteiger partial charge in [-0.2, -0.15) is 0 Å². The minimum atomic E-state index is -0.582. The Morgan fingerprint density at radius 2 is 2.55 bits per heavy atom. The zero-order valence-corrected chi connectivity index (χ0v) is 7.09. The Labute approximate surface area is 67.2 Å². The average Bonchev–Trinajstić information content (AvgIpc) is 2.08. The first kappa shape index (κ1) is 8.47. The van der Waals surface area contributed by atoms with Gasteiger partial charge in [0.05, 0.1) is 6.10 Å². The van der Waals surface area contributed by atoms with Crippen LogP contribution in [0.4, 0.5) is 0 Å². The zero-order valence-electron chi connectivity index (χ0n) is 7.09. The summed E-state index contributed by atoms with van der Waals surface area (Å²) in [5, 5.41) is 0. The predicted molar refractivity (Wildman–Crippen MR) is 43.4 cm³/mol. The van der Waals surface area contributed by atoms with Crippen molar-refractivity contribution in [3.8, 4) is 0 Å². The molecule has 0 aromatic heterocycles. The van der Waals surface area contributed by atoms with Crippen molar-refractivity contribution >= 4 is 5.78 Å². The van der Waals surface area contributed by atoms with E-state index in [2.05, 4.69) is 6.58 Å². The highest BCUT2D eigenvalue weighted by atomic mass is 16.5. The van der Waals surface area contributed by atoms with E-state index in [0.717, 1.165) is 0 Å². The van der Waals surface area contributed by atoms with Crippen molar-refractivity contribution in [2.24, 2.45) is 0 Å². The number of hydrogen-bond acceptors (Lipinski definition) is 2. The standard InChI is InChI=1S/C9H14O2/c1-4-5-9(3)8(10)6-7(2)11-9/h4,7H,1,5-6H2,2-3H3. The summed E-state index contributed by atoms with van der Waals surface area (Å²) >= 11 is 0. The molecule has 0 amide bonds. The first-order chi connectivity index (χ1) is 5.08. The van der Waals surface area contributed by atoms with Gasteiger partial charge in [0.25, 0.3) is 0 Å². The molecule has 1 fully saturated rings. The molecule has 0 saturated carbocycles. The minimum Gasteiger partial charge on any atom is -0.364 e. The third-order valence-corrected chi connectivity index (χ3v) is 2.06. The van der Waals surface area contributed by atoms with Crippen molar-refractivity contribution in [1.82, 2.24) is 0 Å². The molecule has 1 aliphatic rings. The molecule has 0 N–H and O–H groups in total. The Kier molecular flexibility index (Phi) is 2.14. The lowest BCUT2D eigenvalue weighted by atomic mass is 9.97. The lowest BCUT2D eigenvalue weighted by Crippen LogP contribution is -2.31. The maximum absolute atomic E-state index is 11.3. The van der Waals surface area contributed by atoms with E-state index in [1.807, 2.05) is 13.8 Å². The highest BCUT2D eigenvalue weighted by Gasteiger charge is 2.41. The Bertz CT molecular complexity index is 186. The van der Waals surface area contributed by atoms with E-state index in [-0.39, 0.29) is 11.9 Å². The van der Waals surface area contributed by atoms with Gasteiger partial charge in [0, 0.05) is 12.8 Å². The lowest BCUT2D eigenvalue weighted by molar-refractivity contribution is -0.130. The van der Waals surface area contributed by atoms with Crippen LogP contribution in [-0.2, 0) is 9.53 Å². The molecule has 1 saturated heterocycles. The summed E-state index contributed by atoms with van der Waals surface area (Å²) in [7, 11) is 0. The van der Waals surface area contributed by atoms with Gasteiger partial charge in [-0.05, 0) is 13.8 Å². The summed E-state index contributed by atoms with van der Waals surface area (Å²) in [5.74, 6) is 0.199. The number of ether oxygens (including phenoxy) is 1. The summed E-state index contributed by atoms with van der Waals surface area (Å²) < 4.78 is 5.48. The molecule has 2 atom stereocenters. The molecule has 1 aliphatic heterocycles. The van der Waals surface area contributed by atoms with Crippen molar-refractivity contribution in [3.63, 3.8) is 0 Å². The van der Waals surface area contributed by atoms with Crippen LogP contribution < -0.4 is 0 Å². The molecule has 0 aromatic carbocycles. The van der Waals surface area contributed by atoms with E-state index in [0.29, 0.717) is 12.8 Å². The Morgan fingerprint density at radius 3 is 2.91 bits per heavy atom. The van der Waals surface area contributed by atoms with E-state index in [9.17, 15) is 4.79 Å². The van der Waals surface area contributed by atoms with Gasteiger partial charge in [-0.1, -0.05) is 6.08 Å². The molecule has 1 rings (SSSR count). The van der Waals surface area contributed by atoms with Gasteiger partial charge < -0.3 is 4.74 Å². The zero-order chi connectivity index (χ0) is 8.48. The van der Waals surface area contributed by atoms with Crippen molar-refractivity contribution in [1.29, 1.82) is 0 Å². The minimum absolute atomic E-state index is 0.0763. The third kappa shape index (κ3) is 1.51. The lowest BCUT2D eigenvalue weighted by Gasteiger charge is -2.20. The topological polar surface area (TPSA) is 26.3 Å². The van der Waals surface area contributed by atoms with Crippen LogP contribution in [0.2, 0.25) is 0 Å². The van der Waals surface area contributed by atoms with Crippen molar-refractivity contribution in [2.45, 2.75) is 38.4 Å². The van der Waals surface area contributed by atoms with Crippen molar-refractivity contribution < 1.29 is 9.53 Å². The number of Topliss-reactive ketones (excluding diaryl/α,β-unsaturated/α-hetero) is 1. The molecule has 0 aromatic rings. The van der Waals surface area contributed by atoms with Gasteiger partial charge in [0.1, 0.15) is 5.60 Å². The van der Waals surface area contributed by atoms with Crippen LogP contribution in [0.25, 0.3) is 0 Å². The highest BCUT2D eigenvalue weighted by Crippen LogP contribution is 2.29. The Morgan fingerprint density at radius 1 is 1.91 bits per heavy atom. The van der Waals surface area contributed by atoms with Crippen LogP contribution in [0.3, 0.4) is 0 Å². The summed E-state index contributed by atoms with van der Waals surface area (Å²) in [6.45, 7) is 7.35. The van der Waals surface area contributed by atoms with Gasteiger partial charge in [-0.25, -0.2) is 0 Å². The Hall–Kier alpha value is -0.630. The second-order valence-corrected chi connectivity index (χ2v) is 3.28.